The molecule has 1 aromatic carbocycles. The number of nitrogens with two attached hydrogens (primary N) is 1. The zero-order valence-corrected chi connectivity index (χ0v) is 10.2. The summed E-state index contributed by atoms with van der Waals surface area (Å²) in [7, 11) is 0. The minimum Gasteiger partial charge on any atom is -0.327 e. The van der Waals surface area contributed by atoms with E-state index in [0.717, 1.165) is 5.69 Å². The van der Waals surface area contributed by atoms with Crippen LogP contribution in [-0.4, -0.2) is 15.8 Å². The molecule has 3 rings (SSSR count). The van der Waals surface area contributed by atoms with Crippen molar-refractivity contribution in [2.24, 2.45) is 11.1 Å². The average Bonchev–Trinajstić information content (AvgIpc) is 2.77. The molecule has 88 valence electrons. The van der Waals surface area contributed by atoms with Crippen molar-refractivity contribution < 1.29 is 0 Å². The van der Waals surface area contributed by atoms with E-state index in [9.17, 15) is 0 Å². The van der Waals surface area contributed by atoms with E-state index in [4.69, 9.17) is 5.73 Å². The summed E-state index contributed by atoms with van der Waals surface area (Å²) >= 11 is 0. The molecule has 3 heteroatoms. The molecule has 0 amide bonds. The third-order valence-corrected chi connectivity index (χ3v) is 3.93. The van der Waals surface area contributed by atoms with E-state index < -0.39 is 0 Å². The van der Waals surface area contributed by atoms with E-state index >= 15 is 0 Å². The third-order valence-electron chi connectivity index (χ3n) is 3.93. The highest BCUT2D eigenvalue weighted by molar-refractivity contribution is 5.40. The number of rotatable bonds is 2. The quantitative estimate of drug-likeness (QED) is 0.855. The molecule has 0 aliphatic heterocycles. The first-order valence-electron chi connectivity index (χ1n) is 5.96. The summed E-state index contributed by atoms with van der Waals surface area (Å²) in [4.78, 5) is 0. The van der Waals surface area contributed by atoms with Crippen LogP contribution in [0.5, 0.6) is 0 Å². The fourth-order valence-electron chi connectivity index (χ4n) is 2.57. The van der Waals surface area contributed by atoms with Gasteiger partial charge in [0.1, 0.15) is 0 Å². The fraction of sp³-hybridized carbons (Fsp3) is 0.357. The number of hydrogen-bond acceptors (Lipinski definition) is 2. The standard InChI is InChI=1S/C14H17N3/c1-14(2)12(13(14)15)10-4-6-11(7-5-10)17-9-3-8-16-17/h3-9,12-13H,15H2,1-2H3/t12-,13-/m1/s1. The van der Waals surface area contributed by atoms with Gasteiger partial charge in [-0.05, 0) is 29.2 Å². The Kier molecular flexibility index (Phi) is 2.13. The molecule has 0 radical (unpaired) electrons. The van der Waals surface area contributed by atoms with Gasteiger partial charge in [0, 0.05) is 24.4 Å². The van der Waals surface area contributed by atoms with Crippen molar-refractivity contribution >= 4 is 0 Å². The first-order chi connectivity index (χ1) is 8.10. The lowest BCUT2D eigenvalue weighted by Crippen LogP contribution is -2.06. The predicted molar refractivity (Wildman–Crippen MR) is 68.1 cm³/mol. The van der Waals surface area contributed by atoms with Crippen molar-refractivity contribution in [1.29, 1.82) is 0 Å². The molecule has 2 aromatic rings. The molecule has 0 spiro atoms. The third kappa shape index (κ3) is 1.58. The molecule has 1 aliphatic carbocycles. The first kappa shape index (κ1) is 10.5. The Balaban J connectivity index is 1.87. The summed E-state index contributed by atoms with van der Waals surface area (Å²) in [6, 6.07) is 10.7. The van der Waals surface area contributed by atoms with Crippen molar-refractivity contribution in [1.82, 2.24) is 9.78 Å². The Morgan fingerprint density at radius 3 is 2.35 bits per heavy atom. The van der Waals surface area contributed by atoms with Crippen molar-refractivity contribution in [2.45, 2.75) is 25.8 Å². The fourth-order valence-corrected chi connectivity index (χ4v) is 2.57. The van der Waals surface area contributed by atoms with Crippen LogP contribution in [0.2, 0.25) is 0 Å². The maximum atomic E-state index is 6.09. The van der Waals surface area contributed by atoms with Crippen molar-refractivity contribution in [3.8, 4) is 5.69 Å². The minimum absolute atomic E-state index is 0.243. The molecule has 0 bridgehead atoms. The molecule has 1 saturated carbocycles. The van der Waals surface area contributed by atoms with Crippen LogP contribution >= 0.6 is 0 Å². The van der Waals surface area contributed by atoms with Crippen LogP contribution in [-0.2, 0) is 0 Å². The van der Waals surface area contributed by atoms with E-state index in [-0.39, 0.29) is 11.5 Å². The van der Waals surface area contributed by atoms with Gasteiger partial charge in [-0.1, -0.05) is 26.0 Å². The van der Waals surface area contributed by atoms with Gasteiger partial charge < -0.3 is 5.73 Å². The number of benzene rings is 1. The maximum Gasteiger partial charge on any atom is 0.0645 e. The van der Waals surface area contributed by atoms with Crippen molar-refractivity contribution in [3.05, 3.63) is 48.3 Å². The zero-order valence-electron chi connectivity index (χ0n) is 10.2. The van der Waals surface area contributed by atoms with Crippen LogP contribution in [0.15, 0.2) is 42.7 Å². The topological polar surface area (TPSA) is 43.8 Å². The zero-order chi connectivity index (χ0) is 12.0. The minimum atomic E-state index is 0.243. The molecule has 3 nitrogen and oxygen atoms in total. The van der Waals surface area contributed by atoms with E-state index in [1.54, 1.807) is 6.20 Å². The Morgan fingerprint density at radius 2 is 1.88 bits per heavy atom. The van der Waals surface area contributed by atoms with E-state index in [1.807, 2.05) is 16.9 Å². The second-order valence-electron chi connectivity index (χ2n) is 5.37. The maximum absolute atomic E-state index is 6.09. The summed E-state index contributed by atoms with van der Waals surface area (Å²) < 4.78 is 1.86. The number of aromatic nitrogens is 2. The lowest BCUT2D eigenvalue weighted by Gasteiger charge is -2.05. The van der Waals surface area contributed by atoms with Crippen LogP contribution < -0.4 is 5.73 Å². The molecule has 1 aliphatic rings. The van der Waals surface area contributed by atoms with Gasteiger partial charge in [-0.15, -0.1) is 0 Å². The van der Waals surface area contributed by atoms with Crippen molar-refractivity contribution in [2.75, 3.05) is 0 Å². The van der Waals surface area contributed by atoms with Gasteiger partial charge in [-0.25, -0.2) is 4.68 Å². The highest BCUT2D eigenvalue weighted by atomic mass is 15.3. The lowest BCUT2D eigenvalue weighted by atomic mass is 10.0. The summed E-state index contributed by atoms with van der Waals surface area (Å²) in [5.74, 6) is 0.495. The van der Waals surface area contributed by atoms with Crippen LogP contribution in [0.3, 0.4) is 0 Å². The average molecular weight is 227 g/mol. The van der Waals surface area contributed by atoms with Crippen LogP contribution in [0, 0.1) is 5.41 Å². The molecule has 2 atom stereocenters. The molecule has 2 N–H and O–H groups in total. The molecule has 1 heterocycles. The molecular weight excluding hydrogens is 210 g/mol. The second-order valence-corrected chi connectivity index (χ2v) is 5.37. The van der Waals surface area contributed by atoms with E-state index in [0.29, 0.717) is 5.92 Å². The number of nitrogens with zero attached hydrogens (tertiary/aromatic N) is 2. The smallest absolute Gasteiger partial charge is 0.0645 e. The first-order valence-corrected chi connectivity index (χ1v) is 5.96. The Bertz CT molecular complexity index is 511. The highest BCUT2D eigenvalue weighted by Gasteiger charge is 2.55. The summed E-state index contributed by atoms with van der Waals surface area (Å²) in [5.41, 5.74) is 8.76. The van der Waals surface area contributed by atoms with Gasteiger partial charge in [-0.3, -0.25) is 0 Å². The Morgan fingerprint density at radius 1 is 1.24 bits per heavy atom. The Hall–Kier alpha value is -1.61. The molecular formula is C14H17N3. The highest BCUT2D eigenvalue weighted by Crippen LogP contribution is 2.57. The molecule has 17 heavy (non-hydrogen) atoms. The monoisotopic (exact) mass is 227 g/mol. The predicted octanol–water partition coefficient (Wildman–Crippen LogP) is 2.32. The van der Waals surface area contributed by atoms with Gasteiger partial charge in [0.2, 0.25) is 0 Å². The lowest BCUT2D eigenvalue weighted by molar-refractivity contribution is 0.599. The second kappa shape index (κ2) is 3.44. The van der Waals surface area contributed by atoms with Gasteiger partial charge >= 0.3 is 0 Å². The van der Waals surface area contributed by atoms with Gasteiger partial charge in [0.25, 0.3) is 0 Å². The summed E-state index contributed by atoms with van der Waals surface area (Å²) in [6.07, 6.45) is 3.73. The van der Waals surface area contributed by atoms with Crippen LogP contribution in [0.1, 0.15) is 25.3 Å². The van der Waals surface area contributed by atoms with E-state index in [1.165, 1.54) is 5.56 Å². The molecule has 1 aromatic heterocycles. The van der Waals surface area contributed by atoms with Gasteiger partial charge in [0.15, 0.2) is 0 Å². The van der Waals surface area contributed by atoms with Crippen LogP contribution in [0.4, 0.5) is 0 Å². The largest absolute Gasteiger partial charge is 0.327 e. The van der Waals surface area contributed by atoms with Crippen LogP contribution in [0.25, 0.3) is 5.69 Å². The SMILES string of the molecule is CC1(C)[C@H](N)[C@H]1c1ccc(-n2cccn2)cc1. The molecule has 0 unspecified atom stereocenters. The Labute approximate surface area is 101 Å². The summed E-state index contributed by atoms with van der Waals surface area (Å²) in [5, 5.41) is 4.21. The van der Waals surface area contributed by atoms with E-state index in [2.05, 4.69) is 43.2 Å². The molecule has 0 saturated heterocycles. The number of hydrogen-bond donors (Lipinski definition) is 1. The van der Waals surface area contributed by atoms with Crippen molar-refractivity contribution in [3.63, 3.8) is 0 Å². The normalized spacial score (nSPS) is 25.8. The summed E-state index contributed by atoms with van der Waals surface area (Å²) in [6.45, 7) is 4.45. The molecule has 1 fully saturated rings. The van der Waals surface area contributed by atoms with Gasteiger partial charge in [0.05, 0.1) is 5.69 Å². The van der Waals surface area contributed by atoms with Gasteiger partial charge in [-0.2, -0.15) is 5.10 Å².